The molecule has 1 aliphatic heterocycles. The summed E-state index contributed by atoms with van der Waals surface area (Å²) in [6.07, 6.45) is 0. The second-order valence-electron chi connectivity index (χ2n) is 15.9. The fourth-order valence-electron chi connectivity index (χ4n) is 10.3. The van der Waals surface area contributed by atoms with Crippen LogP contribution in [0.2, 0.25) is 0 Å². The highest BCUT2D eigenvalue weighted by molar-refractivity contribution is 6.13. The number of fused-ring (bicyclic) bond motifs is 13. The number of para-hydroxylation sites is 3. The van der Waals surface area contributed by atoms with E-state index < -0.39 is 5.41 Å². The first kappa shape index (κ1) is 33.1. The van der Waals surface area contributed by atoms with Crippen molar-refractivity contribution < 1.29 is 0 Å². The molecule has 60 heavy (non-hydrogen) atoms. The summed E-state index contributed by atoms with van der Waals surface area (Å²) in [4.78, 5) is 15.2. The van der Waals surface area contributed by atoms with E-state index in [4.69, 9.17) is 15.0 Å². The molecule has 0 radical (unpaired) electrons. The Hall–Kier alpha value is -7.95. The highest BCUT2D eigenvalue weighted by Crippen LogP contribution is 2.61. The van der Waals surface area contributed by atoms with Crippen molar-refractivity contribution in [3.05, 3.63) is 229 Å². The molecule has 13 rings (SSSR count). The van der Waals surface area contributed by atoms with E-state index in [1.807, 2.05) is 36.4 Å². The van der Waals surface area contributed by atoms with Crippen LogP contribution in [0.25, 0.3) is 94.7 Å². The molecule has 1 spiro atoms. The standard InChI is InChI=1S/C56H34N4/c1-3-15-36(16-4-1)53-57-54(37-17-5-2-6-18-37)59-55(58-53)44-23-13-19-35-29-30-38(33-45(35)44)39-31-32-41-40-20-7-9-24-46(40)56(49(41)34-39)47-25-10-12-28-51(47)60-50-27-11-8-21-42(50)43-22-14-26-48(56)52(43)60/h1-34H. The average molecular weight is 763 g/mol. The number of aromatic nitrogens is 4. The van der Waals surface area contributed by atoms with Gasteiger partial charge in [0.05, 0.1) is 22.1 Å². The first-order valence-electron chi connectivity index (χ1n) is 20.5. The Labute approximate surface area is 346 Å². The maximum atomic E-state index is 5.13. The van der Waals surface area contributed by atoms with Crippen molar-refractivity contribution in [2.75, 3.05) is 0 Å². The zero-order valence-electron chi connectivity index (χ0n) is 32.4. The van der Waals surface area contributed by atoms with Crippen molar-refractivity contribution >= 4 is 32.6 Å². The molecule has 2 aromatic heterocycles. The molecule has 0 N–H and O–H groups in total. The lowest BCUT2D eigenvalue weighted by Crippen LogP contribution is -2.33. The Bertz CT molecular complexity index is 3490. The van der Waals surface area contributed by atoms with Gasteiger partial charge in [0.15, 0.2) is 17.5 Å². The molecule has 3 heterocycles. The van der Waals surface area contributed by atoms with Crippen molar-refractivity contribution in [2.45, 2.75) is 5.41 Å². The Morgan fingerprint density at radius 1 is 0.333 bits per heavy atom. The Morgan fingerprint density at radius 2 is 0.917 bits per heavy atom. The largest absolute Gasteiger partial charge is 0.309 e. The van der Waals surface area contributed by atoms with Crippen LogP contribution in [0.1, 0.15) is 22.3 Å². The van der Waals surface area contributed by atoms with Crippen molar-refractivity contribution in [3.8, 4) is 62.1 Å². The third kappa shape index (κ3) is 4.53. The molecule has 1 atom stereocenters. The van der Waals surface area contributed by atoms with Gasteiger partial charge in [0.25, 0.3) is 0 Å². The molecular weight excluding hydrogens is 729 g/mol. The van der Waals surface area contributed by atoms with Crippen LogP contribution < -0.4 is 0 Å². The van der Waals surface area contributed by atoms with Crippen LogP contribution in [0, 0.1) is 0 Å². The molecule has 4 heteroatoms. The lowest BCUT2D eigenvalue weighted by Gasteiger charge is -2.39. The quantitative estimate of drug-likeness (QED) is 0.179. The van der Waals surface area contributed by atoms with Gasteiger partial charge in [-0.05, 0) is 79.5 Å². The molecule has 9 aromatic carbocycles. The zero-order chi connectivity index (χ0) is 39.4. The van der Waals surface area contributed by atoms with Gasteiger partial charge in [0.2, 0.25) is 0 Å². The lowest BCUT2D eigenvalue weighted by molar-refractivity contribution is 0.749. The molecular formula is C56H34N4. The smallest absolute Gasteiger partial charge is 0.164 e. The molecule has 4 nitrogen and oxygen atoms in total. The van der Waals surface area contributed by atoms with E-state index in [2.05, 4.69) is 174 Å². The number of hydrogen-bond acceptors (Lipinski definition) is 3. The third-order valence-corrected chi connectivity index (χ3v) is 12.8. The highest BCUT2D eigenvalue weighted by Gasteiger charge is 2.50. The summed E-state index contributed by atoms with van der Waals surface area (Å²) in [5.41, 5.74) is 16.2. The average Bonchev–Trinajstić information content (AvgIpc) is 3.82. The van der Waals surface area contributed by atoms with E-state index in [1.165, 1.54) is 66.4 Å². The number of benzene rings is 9. The summed E-state index contributed by atoms with van der Waals surface area (Å²) in [7, 11) is 0. The Morgan fingerprint density at radius 3 is 1.73 bits per heavy atom. The van der Waals surface area contributed by atoms with Gasteiger partial charge in [0, 0.05) is 27.5 Å². The van der Waals surface area contributed by atoms with E-state index >= 15 is 0 Å². The summed E-state index contributed by atoms with van der Waals surface area (Å²) >= 11 is 0. The molecule has 278 valence electrons. The molecule has 0 bridgehead atoms. The van der Waals surface area contributed by atoms with Gasteiger partial charge in [-0.15, -0.1) is 0 Å². The maximum Gasteiger partial charge on any atom is 0.164 e. The summed E-state index contributed by atoms with van der Waals surface area (Å²) < 4.78 is 2.50. The van der Waals surface area contributed by atoms with Crippen molar-refractivity contribution in [1.29, 1.82) is 0 Å². The van der Waals surface area contributed by atoms with Crippen LogP contribution in [-0.4, -0.2) is 19.5 Å². The summed E-state index contributed by atoms with van der Waals surface area (Å²) in [5, 5.41) is 4.78. The van der Waals surface area contributed by atoms with E-state index in [-0.39, 0.29) is 0 Å². The predicted molar refractivity (Wildman–Crippen MR) is 244 cm³/mol. The summed E-state index contributed by atoms with van der Waals surface area (Å²) in [5.74, 6) is 1.95. The Balaban J connectivity index is 1.04. The predicted octanol–water partition coefficient (Wildman–Crippen LogP) is 13.5. The number of rotatable bonds is 4. The second kappa shape index (κ2) is 12.5. The monoisotopic (exact) mass is 762 g/mol. The second-order valence-corrected chi connectivity index (χ2v) is 15.9. The molecule has 1 aliphatic carbocycles. The number of hydrogen-bond donors (Lipinski definition) is 0. The van der Waals surface area contributed by atoms with Gasteiger partial charge in [-0.1, -0.05) is 182 Å². The van der Waals surface area contributed by atoms with Crippen LogP contribution in [0.15, 0.2) is 206 Å². The van der Waals surface area contributed by atoms with E-state index in [0.29, 0.717) is 17.5 Å². The lowest BCUT2D eigenvalue weighted by atomic mass is 9.65. The first-order chi connectivity index (χ1) is 29.8. The van der Waals surface area contributed by atoms with Gasteiger partial charge in [0.1, 0.15) is 0 Å². The summed E-state index contributed by atoms with van der Waals surface area (Å²) in [6, 6.07) is 74.6. The SMILES string of the molecule is c1ccc(-c2nc(-c3ccccc3)nc(-c3cccc4ccc(-c5ccc6c(c5)C5(c7ccccc7-6)c6ccccc6-n6c7ccccc7c7cccc5c76)cc34)n2)cc1. The van der Waals surface area contributed by atoms with E-state index in [9.17, 15) is 0 Å². The molecule has 2 aliphatic rings. The minimum atomic E-state index is -0.517. The van der Waals surface area contributed by atoms with Crippen LogP contribution in [0.5, 0.6) is 0 Å². The molecule has 0 saturated heterocycles. The molecule has 1 unspecified atom stereocenters. The highest BCUT2D eigenvalue weighted by atomic mass is 15.0. The van der Waals surface area contributed by atoms with Crippen LogP contribution >= 0.6 is 0 Å². The number of nitrogens with zero attached hydrogens (tertiary/aromatic N) is 4. The first-order valence-corrected chi connectivity index (χ1v) is 20.5. The van der Waals surface area contributed by atoms with Crippen LogP contribution in [0.4, 0.5) is 0 Å². The fraction of sp³-hybridized carbons (Fsp3) is 0.0179. The van der Waals surface area contributed by atoms with Gasteiger partial charge >= 0.3 is 0 Å². The third-order valence-electron chi connectivity index (χ3n) is 12.8. The summed E-state index contributed by atoms with van der Waals surface area (Å²) in [6.45, 7) is 0. The minimum Gasteiger partial charge on any atom is -0.309 e. The Kier molecular flexibility index (Phi) is 6.90. The molecule has 0 amide bonds. The van der Waals surface area contributed by atoms with E-state index in [0.717, 1.165) is 33.0 Å². The fourth-order valence-corrected chi connectivity index (χ4v) is 10.3. The zero-order valence-corrected chi connectivity index (χ0v) is 32.4. The molecule has 11 aromatic rings. The van der Waals surface area contributed by atoms with Crippen molar-refractivity contribution in [1.82, 2.24) is 19.5 Å². The van der Waals surface area contributed by atoms with Gasteiger partial charge in [-0.2, -0.15) is 0 Å². The van der Waals surface area contributed by atoms with E-state index in [1.54, 1.807) is 0 Å². The van der Waals surface area contributed by atoms with Crippen molar-refractivity contribution in [2.24, 2.45) is 0 Å². The maximum absolute atomic E-state index is 5.13. The minimum absolute atomic E-state index is 0.517. The van der Waals surface area contributed by atoms with Crippen molar-refractivity contribution in [3.63, 3.8) is 0 Å². The van der Waals surface area contributed by atoms with Gasteiger partial charge < -0.3 is 4.57 Å². The molecule has 0 saturated carbocycles. The topological polar surface area (TPSA) is 43.6 Å². The van der Waals surface area contributed by atoms with Gasteiger partial charge in [-0.3, -0.25) is 0 Å². The van der Waals surface area contributed by atoms with Gasteiger partial charge in [-0.25, -0.2) is 15.0 Å². The molecule has 0 fully saturated rings. The van der Waals surface area contributed by atoms with Crippen LogP contribution in [-0.2, 0) is 5.41 Å². The van der Waals surface area contributed by atoms with Crippen LogP contribution in [0.3, 0.4) is 0 Å². The normalized spacial score (nSPS) is 14.7.